The van der Waals surface area contributed by atoms with E-state index < -0.39 is 33.4 Å². The summed E-state index contributed by atoms with van der Waals surface area (Å²) in [5.74, 6) is -0.965. The van der Waals surface area contributed by atoms with Crippen molar-refractivity contribution in [1.29, 1.82) is 0 Å². The highest BCUT2D eigenvalue weighted by molar-refractivity contribution is 7.92. The van der Waals surface area contributed by atoms with Crippen molar-refractivity contribution in [3.63, 3.8) is 0 Å². The van der Waals surface area contributed by atoms with Gasteiger partial charge in [0.2, 0.25) is 11.8 Å². The van der Waals surface area contributed by atoms with Crippen molar-refractivity contribution in [3.8, 4) is 0 Å². The Morgan fingerprint density at radius 1 is 1.00 bits per heavy atom. The van der Waals surface area contributed by atoms with E-state index in [9.17, 15) is 28.1 Å². The molecule has 1 fully saturated rings. The van der Waals surface area contributed by atoms with E-state index in [4.69, 9.17) is 23.2 Å². The number of carbonyl (C=O) groups excluding carboxylic acids is 2. The van der Waals surface area contributed by atoms with Gasteiger partial charge in [0.1, 0.15) is 12.6 Å². The first-order valence-corrected chi connectivity index (χ1v) is 16.1. The highest BCUT2D eigenvalue weighted by atomic mass is 35.5. The molecule has 10 nitrogen and oxygen atoms in total. The molecule has 1 aliphatic rings. The van der Waals surface area contributed by atoms with Crippen molar-refractivity contribution in [2.45, 2.75) is 62.6 Å². The fourth-order valence-corrected chi connectivity index (χ4v) is 6.87. The lowest BCUT2D eigenvalue weighted by atomic mass is 10.1. The summed E-state index contributed by atoms with van der Waals surface area (Å²) in [6.07, 6.45) is 4.00. The molecule has 43 heavy (non-hydrogen) atoms. The average molecular weight is 648 g/mol. The fraction of sp³-hybridized carbons (Fsp3) is 0.333. The first-order valence-electron chi connectivity index (χ1n) is 13.9. The molecule has 1 aliphatic carbocycles. The third-order valence-corrected chi connectivity index (χ3v) is 9.91. The van der Waals surface area contributed by atoms with Crippen LogP contribution in [-0.4, -0.2) is 48.7 Å². The molecule has 0 aliphatic heterocycles. The van der Waals surface area contributed by atoms with Gasteiger partial charge in [-0.2, -0.15) is 0 Å². The summed E-state index contributed by atoms with van der Waals surface area (Å²) < 4.78 is 28.6. The third-order valence-electron chi connectivity index (χ3n) is 7.38. The zero-order chi connectivity index (χ0) is 31.1. The van der Waals surface area contributed by atoms with Crippen LogP contribution in [0.2, 0.25) is 10.0 Å². The van der Waals surface area contributed by atoms with Crippen LogP contribution in [0.4, 0.5) is 11.4 Å². The molecule has 1 saturated carbocycles. The van der Waals surface area contributed by atoms with Crippen molar-refractivity contribution < 1.29 is 22.9 Å². The molecule has 1 N–H and O–H groups in total. The molecule has 3 aromatic rings. The highest BCUT2D eigenvalue weighted by Gasteiger charge is 2.34. The van der Waals surface area contributed by atoms with E-state index in [1.807, 2.05) is 0 Å². The first-order chi connectivity index (χ1) is 20.5. The van der Waals surface area contributed by atoms with Crippen LogP contribution in [0.3, 0.4) is 0 Å². The van der Waals surface area contributed by atoms with Crippen molar-refractivity contribution in [2.24, 2.45) is 0 Å². The number of non-ortho nitro benzene ring substituents is 1. The number of hydrogen-bond donors (Lipinski definition) is 1. The van der Waals surface area contributed by atoms with Crippen LogP contribution in [0, 0.1) is 10.1 Å². The van der Waals surface area contributed by atoms with Gasteiger partial charge in [0, 0.05) is 24.7 Å². The number of amides is 2. The van der Waals surface area contributed by atoms with Crippen LogP contribution in [0.25, 0.3) is 0 Å². The summed E-state index contributed by atoms with van der Waals surface area (Å²) in [4.78, 5) is 39.6. The Morgan fingerprint density at radius 2 is 1.65 bits per heavy atom. The topological polar surface area (TPSA) is 130 Å². The summed E-state index contributed by atoms with van der Waals surface area (Å²) in [6.45, 7) is 1.08. The molecule has 0 bridgehead atoms. The number of nitrogens with zero attached hydrogens (tertiary/aromatic N) is 3. The molecule has 0 saturated heterocycles. The van der Waals surface area contributed by atoms with Gasteiger partial charge in [0.15, 0.2) is 0 Å². The van der Waals surface area contributed by atoms with Gasteiger partial charge in [-0.1, -0.05) is 67.2 Å². The van der Waals surface area contributed by atoms with Gasteiger partial charge < -0.3 is 10.2 Å². The number of nitrogens with one attached hydrogen (secondary N) is 1. The van der Waals surface area contributed by atoms with Gasteiger partial charge in [-0.3, -0.25) is 24.0 Å². The standard InChI is InChI=1S/C30H32Cl2N4O6S/c1-2-28(30(38)33-22-8-6-7-9-22)34(19-21-12-17-26(31)27(32)18-21)29(37)20-35(23-13-15-24(16-14-23)36(39)40)43(41,42)25-10-4-3-5-11-25/h3-5,10-18,22,28H,2,6-9,19-20H2,1H3,(H,33,38). The largest absolute Gasteiger partial charge is 0.352 e. The molecule has 0 aromatic heterocycles. The van der Waals surface area contributed by atoms with E-state index >= 15 is 0 Å². The fourth-order valence-electron chi connectivity index (χ4n) is 5.11. The van der Waals surface area contributed by atoms with Gasteiger partial charge >= 0.3 is 0 Å². The lowest BCUT2D eigenvalue weighted by Crippen LogP contribution is -2.53. The Balaban J connectivity index is 1.73. The van der Waals surface area contributed by atoms with E-state index in [0.29, 0.717) is 10.6 Å². The van der Waals surface area contributed by atoms with Gasteiger partial charge in [-0.25, -0.2) is 8.42 Å². The second-order valence-corrected chi connectivity index (χ2v) is 13.0. The minimum Gasteiger partial charge on any atom is -0.352 e. The van der Waals surface area contributed by atoms with Crippen LogP contribution in [-0.2, 0) is 26.2 Å². The molecule has 0 radical (unpaired) electrons. The number of nitro groups is 1. The van der Waals surface area contributed by atoms with E-state index in [1.165, 1.54) is 41.3 Å². The minimum absolute atomic E-state index is 0.0125. The molecule has 0 heterocycles. The predicted octanol–water partition coefficient (Wildman–Crippen LogP) is 5.96. The van der Waals surface area contributed by atoms with Crippen molar-refractivity contribution in [2.75, 3.05) is 10.8 Å². The number of hydrogen-bond acceptors (Lipinski definition) is 6. The monoisotopic (exact) mass is 646 g/mol. The van der Waals surface area contributed by atoms with Crippen LogP contribution >= 0.6 is 23.2 Å². The van der Waals surface area contributed by atoms with Gasteiger partial charge in [-0.05, 0) is 61.2 Å². The summed E-state index contributed by atoms with van der Waals surface area (Å²) >= 11 is 12.3. The molecule has 1 atom stereocenters. The number of benzene rings is 3. The van der Waals surface area contributed by atoms with Crippen LogP contribution in [0.15, 0.2) is 77.7 Å². The van der Waals surface area contributed by atoms with Crippen LogP contribution in [0.1, 0.15) is 44.6 Å². The van der Waals surface area contributed by atoms with E-state index in [-0.39, 0.29) is 46.2 Å². The second-order valence-electron chi connectivity index (χ2n) is 10.3. The van der Waals surface area contributed by atoms with Crippen molar-refractivity contribution in [1.82, 2.24) is 10.2 Å². The van der Waals surface area contributed by atoms with Gasteiger partial charge in [-0.15, -0.1) is 0 Å². The molecular formula is C30H32Cl2N4O6S. The number of nitro benzene ring substituents is 1. The molecule has 4 rings (SSSR count). The van der Waals surface area contributed by atoms with Crippen molar-refractivity contribution in [3.05, 3.63) is 98.5 Å². The predicted molar refractivity (Wildman–Crippen MR) is 166 cm³/mol. The number of sulfonamides is 1. The molecule has 1 unspecified atom stereocenters. The van der Waals surface area contributed by atoms with Gasteiger partial charge in [0.05, 0.1) is 25.6 Å². The van der Waals surface area contributed by atoms with Crippen LogP contribution in [0.5, 0.6) is 0 Å². The molecular weight excluding hydrogens is 615 g/mol. The third kappa shape index (κ3) is 7.84. The summed E-state index contributed by atoms with van der Waals surface area (Å²) in [5.41, 5.74) is 0.423. The Bertz CT molecular complexity index is 1570. The number of carbonyl (C=O) groups is 2. The van der Waals surface area contributed by atoms with Crippen molar-refractivity contribution >= 4 is 56.4 Å². The summed E-state index contributed by atoms with van der Waals surface area (Å²) in [6, 6.07) is 16.4. The maximum Gasteiger partial charge on any atom is 0.269 e. The highest BCUT2D eigenvalue weighted by Crippen LogP contribution is 2.28. The summed E-state index contributed by atoms with van der Waals surface area (Å²) in [7, 11) is -4.30. The molecule has 0 spiro atoms. The molecule has 13 heteroatoms. The van der Waals surface area contributed by atoms with E-state index in [0.717, 1.165) is 30.0 Å². The Labute approximate surface area is 260 Å². The van der Waals surface area contributed by atoms with E-state index in [1.54, 1.807) is 43.3 Å². The zero-order valence-corrected chi connectivity index (χ0v) is 25.8. The molecule has 2 amide bonds. The number of rotatable bonds is 12. The quantitative estimate of drug-likeness (QED) is 0.191. The van der Waals surface area contributed by atoms with Gasteiger partial charge in [0.25, 0.3) is 15.7 Å². The average Bonchev–Trinajstić information content (AvgIpc) is 3.51. The number of anilines is 1. The lowest BCUT2D eigenvalue weighted by molar-refractivity contribution is -0.384. The second kappa shape index (κ2) is 14.2. The molecule has 228 valence electrons. The first kappa shape index (κ1) is 32.2. The SMILES string of the molecule is CCC(C(=O)NC1CCCC1)N(Cc1ccc(Cl)c(Cl)c1)C(=O)CN(c1ccc([N+](=O)[O-])cc1)S(=O)(=O)c1ccccc1. The molecule has 3 aromatic carbocycles. The Kier molecular flexibility index (Phi) is 10.6. The maximum atomic E-state index is 14.2. The van der Waals surface area contributed by atoms with Crippen LogP contribution < -0.4 is 9.62 Å². The maximum absolute atomic E-state index is 14.2. The number of halogens is 2. The Morgan fingerprint density at radius 3 is 2.23 bits per heavy atom. The summed E-state index contributed by atoms with van der Waals surface area (Å²) in [5, 5.41) is 14.9. The minimum atomic E-state index is -4.30. The zero-order valence-electron chi connectivity index (χ0n) is 23.5. The smallest absolute Gasteiger partial charge is 0.269 e. The Hall–Kier alpha value is -3.67. The normalized spacial score (nSPS) is 14.2. The lowest BCUT2D eigenvalue weighted by Gasteiger charge is -2.33. The van der Waals surface area contributed by atoms with E-state index in [2.05, 4.69) is 5.32 Å².